The van der Waals surface area contributed by atoms with Crippen LogP contribution >= 0.6 is 0 Å². The molecule has 6 heteroatoms. The number of hydrogen-bond acceptors (Lipinski definition) is 4. The van der Waals surface area contributed by atoms with Crippen molar-refractivity contribution in [2.24, 2.45) is 0 Å². The number of likely N-dealkylation sites (N-methyl/N-ethyl adjacent to an activating group) is 1. The minimum Gasteiger partial charge on any atom is -0.496 e. The molecule has 1 N–H and O–H groups in total. The van der Waals surface area contributed by atoms with E-state index in [2.05, 4.69) is 23.7 Å². The maximum absolute atomic E-state index is 12.2. The van der Waals surface area contributed by atoms with Crippen molar-refractivity contribution < 1.29 is 13.2 Å². The van der Waals surface area contributed by atoms with Gasteiger partial charge in [-0.3, -0.25) is 4.72 Å². The zero-order valence-corrected chi connectivity index (χ0v) is 14.2. The molecule has 0 radical (unpaired) electrons. The minimum atomic E-state index is -3.22. The maximum Gasteiger partial charge on any atom is 0.235 e. The van der Waals surface area contributed by atoms with Crippen LogP contribution in [0.3, 0.4) is 0 Å². The normalized spacial score (nSPS) is 21.5. The zero-order chi connectivity index (χ0) is 15.9. The zero-order valence-electron chi connectivity index (χ0n) is 13.4. The van der Waals surface area contributed by atoms with Crippen molar-refractivity contribution in [1.29, 1.82) is 0 Å². The molecule has 122 valence electrons. The van der Waals surface area contributed by atoms with Crippen molar-refractivity contribution in [2.45, 2.75) is 43.4 Å². The van der Waals surface area contributed by atoms with Gasteiger partial charge in [0.25, 0.3) is 0 Å². The summed E-state index contributed by atoms with van der Waals surface area (Å²) in [7, 11) is 2.62. The number of benzene rings is 1. The van der Waals surface area contributed by atoms with Gasteiger partial charge >= 0.3 is 0 Å². The summed E-state index contributed by atoms with van der Waals surface area (Å²) in [5.41, 5.74) is 2.98. The van der Waals surface area contributed by atoms with Crippen LogP contribution in [0.15, 0.2) is 12.1 Å². The van der Waals surface area contributed by atoms with E-state index in [4.69, 9.17) is 4.74 Å². The molecule has 0 aliphatic heterocycles. The van der Waals surface area contributed by atoms with Crippen LogP contribution in [0.5, 0.6) is 5.75 Å². The van der Waals surface area contributed by atoms with Gasteiger partial charge in [0.15, 0.2) is 0 Å². The Morgan fingerprint density at radius 1 is 1.18 bits per heavy atom. The van der Waals surface area contributed by atoms with E-state index in [0.29, 0.717) is 6.04 Å². The molecule has 3 rings (SSSR count). The smallest absolute Gasteiger partial charge is 0.235 e. The minimum absolute atomic E-state index is 0.205. The highest BCUT2D eigenvalue weighted by atomic mass is 32.2. The summed E-state index contributed by atoms with van der Waals surface area (Å²) in [4.78, 5) is 2.23. The first-order valence-corrected chi connectivity index (χ1v) is 9.34. The van der Waals surface area contributed by atoms with E-state index in [0.717, 1.165) is 54.7 Å². The van der Waals surface area contributed by atoms with Gasteiger partial charge in [0.1, 0.15) is 5.75 Å². The summed E-state index contributed by atoms with van der Waals surface area (Å²) in [5, 5.41) is -0.205. The topological polar surface area (TPSA) is 58.6 Å². The number of fused-ring (bicyclic) bond motifs is 1. The molecule has 5 nitrogen and oxygen atoms in total. The monoisotopic (exact) mass is 324 g/mol. The molecule has 1 atom stereocenters. The van der Waals surface area contributed by atoms with Crippen LogP contribution in [-0.4, -0.2) is 45.8 Å². The van der Waals surface area contributed by atoms with Gasteiger partial charge in [0.05, 0.1) is 18.0 Å². The first-order valence-electron chi connectivity index (χ1n) is 7.79. The van der Waals surface area contributed by atoms with Crippen LogP contribution in [0, 0.1) is 0 Å². The van der Waals surface area contributed by atoms with Crippen LogP contribution in [0.2, 0.25) is 0 Å². The number of nitrogens with one attached hydrogen (secondary N) is 1. The summed E-state index contributed by atoms with van der Waals surface area (Å²) >= 11 is 0. The lowest BCUT2D eigenvalue weighted by Crippen LogP contribution is -2.34. The van der Waals surface area contributed by atoms with Gasteiger partial charge in [-0.15, -0.1) is 0 Å². The van der Waals surface area contributed by atoms with Gasteiger partial charge in [-0.25, -0.2) is 8.42 Å². The second-order valence-corrected chi connectivity index (χ2v) is 8.44. The van der Waals surface area contributed by atoms with E-state index in [1.54, 1.807) is 7.11 Å². The third-order valence-electron chi connectivity index (χ3n) is 4.72. The second kappa shape index (κ2) is 5.74. The average Bonchev–Trinajstić information content (AvgIpc) is 3.31. The lowest BCUT2D eigenvalue weighted by Gasteiger charge is -2.32. The molecule has 22 heavy (non-hydrogen) atoms. The Morgan fingerprint density at radius 2 is 1.91 bits per heavy atom. The molecular formula is C16H24N2O3S. The van der Waals surface area contributed by atoms with Crippen molar-refractivity contribution in [3.05, 3.63) is 23.3 Å². The average molecular weight is 324 g/mol. The molecule has 0 heterocycles. The van der Waals surface area contributed by atoms with Gasteiger partial charge in [-0.1, -0.05) is 0 Å². The van der Waals surface area contributed by atoms with Gasteiger partial charge in [0.2, 0.25) is 10.0 Å². The van der Waals surface area contributed by atoms with Crippen molar-refractivity contribution in [1.82, 2.24) is 4.90 Å². The molecule has 1 aromatic rings. The van der Waals surface area contributed by atoms with Gasteiger partial charge < -0.3 is 9.64 Å². The predicted molar refractivity (Wildman–Crippen MR) is 88.1 cm³/mol. The highest BCUT2D eigenvalue weighted by Crippen LogP contribution is 2.37. The number of sulfonamides is 1. The Kier molecular flexibility index (Phi) is 4.07. The van der Waals surface area contributed by atoms with E-state index in [9.17, 15) is 8.42 Å². The van der Waals surface area contributed by atoms with E-state index >= 15 is 0 Å². The largest absolute Gasteiger partial charge is 0.496 e. The molecule has 1 unspecified atom stereocenters. The summed E-state index contributed by atoms with van der Waals surface area (Å²) < 4.78 is 32.7. The van der Waals surface area contributed by atoms with Crippen molar-refractivity contribution in [2.75, 3.05) is 25.9 Å². The van der Waals surface area contributed by atoms with Crippen molar-refractivity contribution in [3.8, 4) is 5.75 Å². The summed E-state index contributed by atoms with van der Waals surface area (Å²) in [5.74, 6) is 0.857. The number of hydrogen-bond donors (Lipinski definition) is 1. The maximum atomic E-state index is 12.2. The molecule has 0 spiro atoms. The van der Waals surface area contributed by atoms with E-state index in [-0.39, 0.29) is 5.25 Å². The second-order valence-electron chi connectivity index (χ2n) is 6.48. The van der Waals surface area contributed by atoms with Crippen LogP contribution in [0.1, 0.15) is 30.4 Å². The molecule has 0 bridgehead atoms. The van der Waals surface area contributed by atoms with Crippen molar-refractivity contribution >= 4 is 15.7 Å². The lowest BCUT2D eigenvalue weighted by molar-refractivity contribution is 0.265. The van der Waals surface area contributed by atoms with E-state index in [1.165, 1.54) is 0 Å². The number of methoxy groups -OCH3 is 1. The molecule has 1 fully saturated rings. The predicted octanol–water partition coefficient (Wildman–Crippen LogP) is 2.02. The number of rotatable bonds is 5. The molecule has 1 saturated carbocycles. The number of anilines is 1. The van der Waals surface area contributed by atoms with Crippen LogP contribution in [0.25, 0.3) is 0 Å². The fourth-order valence-electron chi connectivity index (χ4n) is 3.17. The van der Waals surface area contributed by atoms with Crippen molar-refractivity contribution in [3.63, 3.8) is 0 Å². The SMILES string of the molecule is COc1ccc(NS(=O)(=O)C2CC2)c2c1CC(N(C)C)CC2. The Balaban J connectivity index is 1.95. The summed E-state index contributed by atoms with van der Waals surface area (Å²) in [6.45, 7) is 0. The fourth-order valence-corrected chi connectivity index (χ4v) is 4.59. The van der Waals surface area contributed by atoms with Crippen LogP contribution in [-0.2, 0) is 22.9 Å². The molecular weight excluding hydrogens is 300 g/mol. The van der Waals surface area contributed by atoms with E-state index < -0.39 is 10.0 Å². The molecule has 0 saturated heterocycles. The lowest BCUT2D eigenvalue weighted by atomic mass is 9.86. The molecule has 2 aliphatic carbocycles. The Labute approximate surface area is 132 Å². The summed E-state index contributed by atoms with van der Waals surface area (Å²) in [6.07, 6.45) is 4.35. The quantitative estimate of drug-likeness (QED) is 0.900. The third-order valence-corrected chi connectivity index (χ3v) is 6.57. The third kappa shape index (κ3) is 2.94. The Bertz CT molecular complexity index is 666. The van der Waals surface area contributed by atoms with Gasteiger partial charge in [0, 0.05) is 11.6 Å². The molecule has 2 aliphatic rings. The molecule has 0 amide bonds. The summed E-state index contributed by atoms with van der Waals surface area (Å²) in [6, 6.07) is 4.19. The standard InChI is InChI=1S/C16H24N2O3S/c1-18(2)11-4-7-13-14(10-11)16(21-3)9-8-15(13)17-22(19,20)12-5-6-12/h8-9,11-12,17H,4-7,10H2,1-3H3. The Morgan fingerprint density at radius 3 is 2.50 bits per heavy atom. The first-order chi connectivity index (χ1) is 10.4. The van der Waals surface area contributed by atoms with E-state index in [1.807, 2.05) is 12.1 Å². The number of ether oxygens (including phenoxy) is 1. The first kappa shape index (κ1) is 15.6. The molecule has 0 aromatic heterocycles. The Hall–Kier alpha value is -1.27. The highest BCUT2D eigenvalue weighted by molar-refractivity contribution is 7.93. The van der Waals surface area contributed by atoms with Gasteiger partial charge in [-0.05, 0) is 63.9 Å². The van der Waals surface area contributed by atoms with Crippen LogP contribution in [0.4, 0.5) is 5.69 Å². The fraction of sp³-hybridized carbons (Fsp3) is 0.625. The highest BCUT2D eigenvalue weighted by Gasteiger charge is 2.36. The number of nitrogens with zero attached hydrogens (tertiary/aromatic N) is 1. The molecule has 1 aromatic carbocycles. The van der Waals surface area contributed by atoms with Crippen LogP contribution < -0.4 is 9.46 Å². The van der Waals surface area contributed by atoms with Gasteiger partial charge in [-0.2, -0.15) is 0 Å².